The van der Waals surface area contributed by atoms with E-state index in [4.69, 9.17) is 4.74 Å². The summed E-state index contributed by atoms with van der Waals surface area (Å²) in [4.78, 5) is 0. The third-order valence-electron chi connectivity index (χ3n) is 1.44. The number of ether oxygens (including phenoxy) is 1. The van der Waals surface area contributed by atoms with Crippen LogP contribution in [0.2, 0.25) is 0 Å². The minimum Gasteiger partial charge on any atom is -0.365 e. The fraction of sp³-hybridized carbons (Fsp3) is 0.571. The van der Waals surface area contributed by atoms with Crippen LogP contribution in [-0.2, 0) is 4.74 Å². The van der Waals surface area contributed by atoms with Crippen molar-refractivity contribution in [2.75, 3.05) is 19.2 Å². The molecule has 1 N–H and O–H groups in total. The molecule has 0 aliphatic carbocycles. The summed E-state index contributed by atoms with van der Waals surface area (Å²) in [5.74, 6) is 0. The topological polar surface area (TPSA) is 21.3 Å². The highest BCUT2D eigenvalue weighted by Gasteiger charge is 1.88. The highest BCUT2D eigenvalue weighted by Crippen LogP contribution is 2.08. The average Bonchev–Trinajstić information content (AvgIpc) is 2.30. The minimum atomic E-state index is 0. The zero-order chi connectivity index (χ0) is 12.8. The molecule has 0 aliphatic rings. The zero-order valence-electron chi connectivity index (χ0n) is 11.6. The number of nitrogens with one attached hydrogen (secondary N) is 1. The Balaban J connectivity index is -0.000000286. The van der Waals surface area contributed by atoms with E-state index in [0.29, 0.717) is 6.73 Å². The van der Waals surface area contributed by atoms with Crippen molar-refractivity contribution in [3.8, 4) is 0 Å². The standard InChI is InChI=1S/C9H13NO.C3H8.C2H6.H2/c1-8-4-3-5-9(6-8)10-7-11-2;1-3-2;1-2;/h3-6,10H,7H2,1-2H3;3H2,1-2H3;1-2H3;1H. The van der Waals surface area contributed by atoms with Crippen LogP contribution in [0, 0.1) is 6.92 Å². The van der Waals surface area contributed by atoms with Gasteiger partial charge in [0.05, 0.1) is 0 Å². The molecule has 0 atom stereocenters. The van der Waals surface area contributed by atoms with Gasteiger partial charge in [0.1, 0.15) is 6.73 Å². The predicted octanol–water partition coefficient (Wildman–Crippen LogP) is 4.70. The maximum Gasteiger partial charge on any atom is 0.116 e. The maximum absolute atomic E-state index is 4.87. The average molecular weight is 227 g/mol. The lowest BCUT2D eigenvalue weighted by Crippen LogP contribution is -2.02. The Hall–Kier alpha value is -1.02. The summed E-state index contributed by atoms with van der Waals surface area (Å²) < 4.78 is 4.87. The monoisotopic (exact) mass is 227 g/mol. The predicted molar refractivity (Wildman–Crippen MR) is 76.1 cm³/mol. The lowest BCUT2D eigenvalue weighted by molar-refractivity contribution is 0.221. The summed E-state index contributed by atoms with van der Waals surface area (Å²) >= 11 is 0. The fourth-order valence-electron chi connectivity index (χ4n) is 0.911. The lowest BCUT2D eigenvalue weighted by Gasteiger charge is -2.04. The Bertz CT molecular complexity index is 241. The van der Waals surface area contributed by atoms with Crippen molar-refractivity contribution < 1.29 is 6.16 Å². The molecule has 0 fully saturated rings. The number of rotatable bonds is 3. The van der Waals surface area contributed by atoms with Gasteiger partial charge in [-0.05, 0) is 24.6 Å². The number of hydrogen-bond acceptors (Lipinski definition) is 2. The summed E-state index contributed by atoms with van der Waals surface area (Å²) in [6, 6.07) is 8.19. The van der Waals surface area contributed by atoms with Gasteiger partial charge in [-0.3, -0.25) is 0 Å². The van der Waals surface area contributed by atoms with Crippen molar-refractivity contribution >= 4 is 5.69 Å². The first-order chi connectivity index (χ1) is 7.74. The molecular weight excluding hydrogens is 198 g/mol. The van der Waals surface area contributed by atoms with Crippen molar-refractivity contribution in [2.45, 2.75) is 41.0 Å². The van der Waals surface area contributed by atoms with Crippen LogP contribution in [0.1, 0.15) is 41.1 Å². The highest BCUT2D eigenvalue weighted by molar-refractivity contribution is 5.44. The number of methoxy groups -OCH3 is 1. The van der Waals surface area contributed by atoms with Crippen LogP contribution in [-0.4, -0.2) is 13.8 Å². The quantitative estimate of drug-likeness (QED) is 0.756. The van der Waals surface area contributed by atoms with Gasteiger partial charge in [-0.15, -0.1) is 0 Å². The van der Waals surface area contributed by atoms with E-state index in [9.17, 15) is 0 Å². The molecule has 0 amide bonds. The molecule has 0 spiro atoms. The van der Waals surface area contributed by atoms with Gasteiger partial charge in [0, 0.05) is 14.2 Å². The largest absolute Gasteiger partial charge is 0.365 e. The van der Waals surface area contributed by atoms with E-state index in [1.165, 1.54) is 12.0 Å². The summed E-state index contributed by atoms with van der Waals surface area (Å²) in [6.45, 7) is 10.9. The molecule has 1 rings (SSSR count). The second-order valence-electron chi connectivity index (χ2n) is 3.19. The van der Waals surface area contributed by atoms with Gasteiger partial charge in [0.25, 0.3) is 0 Å². The number of hydrogen-bond donors (Lipinski definition) is 1. The second kappa shape index (κ2) is 14.0. The Morgan fingerprint density at radius 2 is 1.81 bits per heavy atom. The van der Waals surface area contributed by atoms with E-state index in [2.05, 4.69) is 38.2 Å². The van der Waals surface area contributed by atoms with Crippen molar-refractivity contribution in [1.29, 1.82) is 0 Å². The summed E-state index contributed by atoms with van der Waals surface area (Å²) in [7, 11) is 1.67. The Labute approximate surface area is 103 Å². The van der Waals surface area contributed by atoms with Crippen molar-refractivity contribution in [1.82, 2.24) is 0 Å². The molecule has 0 saturated carbocycles. The first-order valence-electron chi connectivity index (χ1n) is 6.04. The molecule has 0 aromatic heterocycles. The number of benzene rings is 1. The van der Waals surface area contributed by atoms with E-state index < -0.39 is 0 Å². The Morgan fingerprint density at radius 1 is 1.25 bits per heavy atom. The third kappa shape index (κ3) is 11.1. The SMILES string of the molecule is CC.CCC.COCNc1cccc(C)c1.[HH]. The molecular formula is C14H29NO. The number of anilines is 1. The number of aryl methyl sites for hydroxylation is 1. The van der Waals surface area contributed by atoms with Crippen molar-refractivity contribution in [3.05, 3.63) is 29.8 Å². The van der Waals surface area contributed by atoms with Gasteiger partial charge in [-0.25, -0.2) is 0 Å². The van der Waals surface area contributed by atoms with Crippen LogP contribution in [0.3, 0.4) is 0 Å². The summed E-state index contributed by atoms with van der Waals surface area (Å²) in [6.07, 6.45) is 1.25. The second-order valence-corrected chi connectivity index (χ2v) is 3.19. The molecule has 0 unspecified atom stereocenters. The smallest absolute Gasteiger partial charge is 0.116 e. The molecule has 2 nitrogen and oxygen atoms in total. The van der Waals surface area contributed by atoms with E-state index in [-0.39, 0.29) is 1.43 Å². The molecule has 0 heterocycles. The fourth-order valence-corrected chi connectivity index (χ4v) is 0.911. The minimum absolute atomic E-state index is 0. The van der Waals surface area contributed by atoms with E-state index in [1.807, 2.05) is 26.0 Å². The molecule has 0 saturated heterocycles. The van der Waals surface area contributed by atoms with Crippen molar-refractivity contribution in [3.63, 3.8) is 0 Å². The van der Waals surface area contributed by atoms with Crippen LogP contribution in [0.25, 0.3) is 0 Å². The van der Waals surface area contributed by atoms with Gasteiger partial charge in [0.15, 0.2) is 0 Å². The highest BCUT2D eigenvalue weighted by atomic mass is 16.5. The Morgan fingerprint density at radius 3 is 2.25 bits per heavy atom. The summed E-state index contributed by atoms with van der Waals surface area (Å²) in [5.41, 5.74) is 2.36. The lowest BCUT2D eigenvalue weighted by atomic mass is 10.2. The molecule has 0 bridgehead atoms. The first kappa shape index (κ1) is 17.4. The van der Waals surface area contributed by atoms with Crippen LogP contribution in [0.5, 0.6) is 0 Å². The molecule has 2 heteroatoms. The van der Waals surface area contributed by atoms with Crippen molar-refractivity contribution in [2.24, 2.45) is 0 Å². The van der Waals surface area contributed by atoms with Crippen LogP contribution in [0.4, 0.5) is 5.69 Å². The van der Waals surface area contributed by atoms with E-state index in [1.54, 1.807) is 7.11 Å². The van der Waals surface area contributed by atoms with E-state index in [0.717, 1.165) is 5.69 Å². The van der Waals surface area contributed by atoms with Gasteiger partial charge in [-0.2, -0.15) is 0 Å². The van der Waals surface area contributed by atoms with Gasteiger partial charge in [0.2, 0.25) is 0 Å². The Kier molecular flexibility index (Phi) is 15.2. The summed E-state index contributed by atoms with van der Waals surface area (Å²) in [5, 5.41) is 3.11. The van der Waals surface area contributed by atoms with Gasteiger partial charge < -0.3 is 10.1 Å². The van der Waals surface area contributed by atoms with Crippen LogP contribution < -0.4 is 5.32 Å². The first-order valence-corrected chi connectivity index (χ1v) is 6.04. The van der Waals surface area contributed by atoms with Gasteiger partial charge >= 0.3 is 0 Å². The molecule has 0 aliphatic heterocycles. The molecule has 1 aromatic rings. The molecule has 96 valence electrons. The molecule has 0 radical (unpaired) electrons. The third-order valence-corrected chi connectivity index (χ3v) is 1.44. The maximum atomic E-state index is 4.87. The molecule has 1 aromatic carbocycles. The van der Waals surface area contributed by atoms with Crippen LogP contribution in [0.15, 0.2) is 24.3 Å². The molecule has 16 heavy (non-hydrogen) atoms. The normalized spacial score (nSPS) is 8.12. The van der Waals surface area contributed by atoms with Crippen LogP contribution >= 0.6 is 0 Å². The zero-order valence-corrected chi connectivity index (χ0v) is 11.6. The van der Waals surface area contributed by atoms with Gasteiger partial charge in [-0.1, -0.05) is 46.2 Å². The van der Waals surface area contributed by atoms with E-state index >= 15 is 0 Å².